The molecule has 21 heavy (non-hydrogen) atoms. The number of nitrogens with zero attached hydrogens (tertiary/aromatic N) is 2. The highest BCUT2D eigenvalue weighted by molar-refractivity contribution is 14.0. The average Bonchev–Trinajstić information content (AvgIpc) is 2.37. The molecular weight excluding hydrogens is 381 g/mol. The summed E-state index contributed by atoms with van der Waals surface area (Å²) in [7, 11) is 2.00. The van der Waals surface area contributed by atoms with Crippen LogP contribution in [0.3, 0.4) is 0 Å². The van der Waals surface area contributed by atoms with Crippen LogP contribution in [0.4, 0.5) is 0 Å². The summed E-state index contributed by atoms with van der Waals surface area (Å²) in [5, 5.41) is 3.22. The van der Waals surface area contributed by atoms with Gasteiger partial charge in [0.2, 0.25) is 0 Å². The van der Waals surface area contributed by atoms with Crippen LogP contribution in [0.1, 0.15) is 40.0 Å². The maximum atomic E-state index is 11.4. The van der Waals surface area contributed by atoms with Gasteiger partial charge >= 0.3 is 5.97 Å². The summed E-state index contributed by atoms with van der Waals surface area (Å²) in [6.45, 7) is 11.6. The summed E-state index contributed by atoms with van der Waals surface area (Å²) < 4.78 is 5.08. The lowest BCUT2D eigenvalue weighted by atomic mass is 10.3. The Labute approximate surface area is 146 Å². The minimum Gasteiger partial charge on any atom is -0.463 e. The maximum absolute atomic E-state index is 11.4. The van der Waals surface area contributed by atoms with Crippen LogP contribution in [0, 0.1) is 0 Å². The van der Waals surface area contributed by atoms with Crippen molar-refractivity contribution in [2.45, 2.75) is 46.1 Å². The van der Waals surface area contributed by atoms with Crippen LogP contribution in [0.25, 0.3) is 0 Å². The van der Waals surface area contributed by atoms with Crippen molar-refractivity contribution in [3.63, 3.8) is 0 Å². The van der Waals surface area contributed by atoms with Crippen molar-refractivity contribution >= 4 is 35.9 Å². The molecule has 0 saturated heterocycles. The monoisotopic (exact) mass is 411 g/mol. The number of guanidine groups is 1. The number of unbranched alkanes of at least 4 members (excludes halogenated alkanes) is 1. The summed E-state index contributed by atoms with van der Waals surface area (Å²) in [5.41, 5.74) is 0. The number of rotatable bonds is 9. The quantitative estimate of drug-likeness (QED) is 0.158. The van der Waals surface area contributed by atoms with E-state index in [9.17, 15) is 4.79 Å². The first kappa shape index (κ1) is 22.5. The Bertz CT molecular complexity index is 320. The van der Waals surface area contributed by atoms with E-state index in [0.717, 1.165) is 31.9 Å². The molecule has 0 radical (unpaired) electrons. The van der Waals surface area contributed by atoms with Crippen molar-refractivity contribution in [2.24, 2.45) is 4.99 Å². The topological polar surface area (TPSA) is 53.9 Å². The van der Waals surface area contributed by atoms with Crippen LogP contribution >= 0.6 is 24.0 Å². The van der Waals surface area contributed by atoms with Crippen LogP contribution in [0.5, 0.6) is 0 Å². The number of hydrogen-bond donors (Lipinski definition) is 1. The molecular formula is C15H30IN3O2. The Kier molecular flexibility index (Phi) is 15.2. The molecule has 0 aromatic rings. The Balaban J connectivity index is 0. The predicted octanol–water partition coefficient (Wildman–Crippen LogP) is 2.81. The third-order valence-electron chi connectivity index (χ3n) is 2.54. The maximum Gasteiger partial charge on any atom is 0.307 e. The Hall–Kier alpha value is -0.790. The zero-order valence-corrected chi connectivity index (χ0v) is 16.1. The molecule has 0 spiro atoms. The number of carbonyl (C=O) groups is 1. The zero-order chi connectivity index (χ0) is 15.4. The highest BCUT2D eigenvalue weighted by Gasteiger charge is 2.07. The summed E-state index contributed by atoms with van der Waals surface area (Å²) in [5.74, 6) is 0.628. The van der Waals surface area contributed by atoms with Crippen LogP contribution in [0.2, 0.25) is 0 Å². The lowest BCUT2D eigenvalue weighted by Gasteiger charge is -2.21. The van der Waals surface area contributed by atoms with Crippen LogP contribution in [0.15, 0.2) is 17.6 Å². The minimum absolute atomic E-state index is 0. The van der Waals surface area contributed by atoms with Crippen molar-refractivity contribution in [2.75, 3.05) is 26.7 Å². The Morgan fingerprint density at radius 3 is 2.67 bits per heavy atom. The number of esters is 1. The molecule has 6 heteroatoms. The zero-order valence-electron chi connectivity index (χ0n) is 13.7. The SMILES string of the molecule is C=CCCCN(C)C(=NCCC(=O)OC(C)C)NCC.I. The predicted molar refractivity (Wildman–Crippen MR) is 99.3 cm³/mol. The molecule has 0 aliphatic carbocycles. The van der Waals surface area contributed by atoms with Gasteiger partial charge in [0, 0.05) is 20.1 Å². The molecule has 0 amide bonds. The van der Waals surface area contributed by atoms with Crippen molar-refractivity contribution in [1.29, 1.82) is 0 Å². The molecule has 0 aromatic carbocycles. The van der Waals surface area contributed by atoms with Gasteiger partial charge < -0.3 is 15.0 Å². The normalized spacial score (nSPS) is 10.8. The van der Waals surface area contributed by atoms with E-state index in [4.69, 9.17) is 4.74 Å². The smallest absolute Gasteiger partial charge is 0.307 e. The van der Waals surface area contributed by atoms with Crippen LogP contribution in [-0.4, -0.2) is 49.6 Å². The van der Waals surface area contributed by atoms with Crippen molar-refractivity contribution in [3.8, 4) is 0 Å². The average molecular weight is 411 g/mol. The first-order valence-corrected chi connectivity index (χ1v) is 7.31. The molecule has 1 N–H and O–H groups in total. The Morgan fingerprint density at radius 2 is 2.14 bits per heavy atom. The highest BCUT2D eigenvalue weighted by Crippen LogP contribution is 1.97. The molecule has 0 aliphatic rings. The van der Waals surface area contributed by atoms with E-state index in [1.807, 2.05) is 33.9 Å². The molecule has 124 valence electrons. The summed E-state index contributed by atoms with van der Waals surface area (Å²) >= 11 is 0. The van der Waals surface area contributed by atoms with Crippen molar-refractivity contribution in [1.82, 2.24) is 10.2 Å². The molecule has 0 saturated carbocycles. The van der Waals surface area contributed by atoms with E-state index in [1.54, 1.807) is 0 Å². The van der Waals surface area contributed by atoms with Gasteiger partial charge in [-0.15, -0.1) is 30.6 Å². The number of ether oxygens (including phenoxy) is 1. The molecule has 5 nitrogen and oxygen atoms in total. The van der Waals surface area contributed by atoms with Gasteiger partial charge in [-0.3, -0.25) is 9.79 Å². The third kappa shape index (κ3) is 12.6. The van der Waals surface area contributed by atoms with Gasteiger partial charge in [-0.05, 0) is 33.6 Å². The fourth-order valence-electron chi connectivity index (χ4n) is 1.62. The van der Waals surface area contributed by atoms with E-state index in [-0.39, 0.29) is 36.0 Å². The van der Waals surface area contributed by atoms with E-state index in [0.29, 0.717) is 13.0 Å². The van der Waals surface area contributed by atoms with E-state index >= 15 is 0 Å². The van der Waals surface area contributed by atoms with Gasteiger partial charge in [-0.25, -0.2) is 0 Å². The molecule has 0 atom stereocenters. The number of allylic oxidation sites excluding steroid dienone is 1. The molecule has 0 bridgehead atoms. The van der Waals surface area contributed by atoms with Crippen LogP contribution < -0.4 is 5.32 Å². The standard InChI is InChI=1S/C15H29N3O2.HI/c1-6-8-9-12-18(5)15(16-7-2)17-11-10-14(19)20-13(3)4;/h6,13H,1,7-12H2,2-5H3,(H,16,17);1H. The van der Waals surface area contributed by atoms with Gasteiger partial charge in [-0.1, -0.05) is 6.08 Å². The lowest BCUT2D eigenvalue weighted by molar-refractivity contribution is -0.147. The van der Waals surface area contributed by atoms with Crippen molar-refractivity contribution < 1.29 is 9.53 Å². The molecule has 0 fully saturated rings. The molecule has 0 rings (SSSR count). The fraction of sp³-hybridized carbons (Fsp3) is 0.733. The number of halogens is 1. The van der Waals surface area contributed by atoms with E-state index < -0.39 is 0 Å². The molecule has 0 aliphatic heterocycles. The van der Waals surface area contributed by atoms with Crippen LogP contribution in [-0.2, 0) is 9.53 Å². The number of nitrogens with one attached hydrogen (secondary N) is 1. The van der Waals surface area contributed by atoms with Gasteiger partial charge in [0.05, 0.1) is 19.1 Å². The van der Waals surface area contributed by atoms with Gasteiger partial charge in [-0.2, -0.15) is 0 Å². The van der Waals surface area contributed by atoms with Crippen molar-refractivity contribution in [3.05, 3.63) is 12.7 Å². The number of carbonyl (C=O) groups excluding carboxylic acids is 1. The Morgan fingerprint density at radius 1 is 1.48 bits per heavy atom. The van der Waals surface area contributed by atoms with E-state index in [1.165, 1.54) is 0 Å². The second-order valence-electron chi connectivity index (χ2n) is 4.88. The minimum atomic E-state index is -0.200. The summed E-state index contributed by atoms with van der Waals surface area (Å²) in [4.78, 5) is 18.0. The first-order valence-electron chi connectivity index (χ1n) is 7.31. The lowest BCUT2D eigenvalue weighted by Crippen LogP contribution is -2.39. The highest BCUT2D eigenvalue weighted by atomic mass is 127. The molecule has 0 aromatic heterocycles. The fourth-order valence-corrected chi connectivity index (χ4v) is 1.62. The number of aliphatic imine (C=N–C) groups is 1. The molecule has 0 heterocycles. The third-order valence-corrected chi connectivity index (χ3v) is 2.54. The van der Waals surface area contributed by atoms with Gasteiger partial charge in [0.1, 0.15) is 0 Å². The largest absolute Gasteiger partial charge is 0.463 e. The second-order valence-corrected chi connectivity index (χ2v) is 4.88. The molecule has 0 unspecified atom stereocenters. The first-order chi connectivity index (χ1) is 9.51. The number of hydrogen-bond acceptors (Lipinski definition) is 3. The van der Waals surface area contributed by atoms with E-state index in [2.05, 4.69) is 21.8 Å². The summed E-state index contributed by atoms with van der Waals surface area (Å²) in [6.07, 6.45) is 4.19. The summed E-state index contributed by atoms with van der Waals surface area (Å²) in [6, 6.07) is 0. The van der Waals surface area contributed by atoms with Gasteiger partial charge in [0.15, 0.2) is 5.96 Å². The second kappa shape index (κ2) is 14.2. The van der Waals surface area contributed by atoms with Gasteiger partial charge in [0.25, 0.3) is 0 Å².